The van der Waals surface area contributed by atoms with Crippen LogP contribution in [0.5, 0.6) is 0 Å². The zero-order chi connectivity index (χ0) is 13.6. The quantitative estimate of drug-likeness (QED) is 0.494. The Labute approximate surface area is 111 Å². The second kappa shape index (κ2) is 6.77. The van der Waals surface area contributed by atoms with Gasteiger partial charge >= 0.3 is 5.97 Å². The summed E-state index contributed by atoms with van der Waals surface area (Å²) in [5.41, 5.74) is 0.479. The molecule has 0 saturated heterocycles. The Morgan fingerprint density at radius 2 is 2.06 bits per heavy atom. The van der Waals surface area contributed by atoms with Gasteiger partial charge in [-0.1, -0.05) is 39.8 Å². The van der Waals surface area contributed by atoms with Crippen LogP contribution in [0.15, 0.2) is 23.8 Å². The highest BCUT2D eigenvalue weighted by atomic mass is 16.6. The van der Waals surface area contributed by atoms with E-state index in [2.05, 4.69) is 39.0 Å². The summed E-state index contributed by atoms with van der Waals surface area (Å²) in [5.74, 6) is 0.374. The van der Waals surface area contributed by atoms with Gasteiger partial charge in [0.05, 0.1) is 0 Å². The van der Waals surface area contributed by atoms with Crippen molar-refractivity contribution in [1.82, 2.24) is 0 Å². The van der Waals surface area contributed by atoms with E-state index in [1.165, 1.54) is 0 Å². The average Bonchev–Trinajstić information content (AvgIpc) is 2.71. The molecule has 1 aliphatic heterocycles. The molecule has 102 valence electrons. The largest absolute Gasteiger partial charge is 0.451 e. The third kappa shape index (κ3) is 3.47. The molecule has 0 spiro atoms. The summed E-state index contributed by atoms with van der Waals surface area (Å²) in [6, 6.07) is 0. The van der Waals surface area contributed by atoms with E-state index in [-0.39, 0.29) is 11.6 Å². The Morgan fingerprint density at radius 3 is 2.50 bits per heavy atom. The van der Waals surface area contributed by atoms with Crippen molar-refractivity contribution in [1.29, 1.82) is 0 Å². The van der Waals surface area contributed by atoms with Crippen molar-refractivity contribution in [2.45, 2.75) is 65.4 Å². The first kappa shape index (κ1) is 15.0. The van der Waals surface area contributed by atoms with Gasteiger partial charge in [-0.2, -0.15) is 0 Å². The van der Waals surface area contributed by atoms with Crippen molar-refractivity contribution in [3.63, 3.8) is 0 Å². The van der Waals surface area contributed by atoms with E-state index in [4.69, 9.17) is 4.74 Å². The van der Waals surface area contributed by atoms with Gasteiger partial charge in [-0.25, -0.2) is 4.79 Å². The summed E-state index contributed by atoms with van der Waals surface area (Å²) >= 11 is 0. The predicted molar refractivity (Wildman–Crippen MR) is 75.3 cm³/mol. The normalized spacial score (nSPS) is 25.3. The zero-order valence-electron chi connectivity index (χ0n) is 12.2. The monoisotopic (exact) mass is 250 g/mol. The number of hydrogen-bond acceptors (Lipinski definition) is 2. The minimum atomic E-state index is -0.360. The Balaban J connectivity index is 2.81. The van der Waals surface area contributed by atoms with Gasteiger partial charge in [0.15, 0.2) is 0 Å². The zero-order valence-corrected chi connectivity index (χ0v) is 12.2. The van der Waals surface area contributed by atoms with E-state index in [0.717, 1.165) is 37.7 Å². The first-order chi connectivity index (χ1) is 8.60. The van der Waals surface area contributed by atoms with Crippen molar-refractivity contribution in [3.05, 3.63) is 23.8 Å². The molecule has 2 unspecified atom stereocenters. The highest BCUT2D eigenvalue weighted by molar-refractivity contribution is 5.91. The summed E-state index contributed by atoms with van der Waals surface area (Å²) in [6.07, 6.45) is 11.2. The number of cyclic esters (lactones) is 1. The highest BCUT2D eigenvalue weighted by Crippen LogP contribution is 2.36. The molecule has 18 heavy (non-hydrogen) atoms. The van der Waals surface area contributed by atoms with E-state index in [9.17, 15) is 4.79 Å². The van der Waals surface area contributed by atoms with Crippen LogP contribution in [0, 0.1) is 5.92 Å². The summed E-state index contributed by atoms with van der Waals surface area (Å²) in [4.78, 5) is 11.8. The molecule has 0 saturated carbocycles. The van der Waals surface area contributed by atoms with Gasteiger partial charge in [-0.3, -0.25) is 0 Å². The first-order valence-electron chi connectivity index (χ1n) is 7.22. The minimum Gasteiger partial charge on any atom is -0.451 e. The summed E-state index contributed by atoms with van der Waals surface area (Å²) in [7, 11) is 0. The molecular formula is C16H26O2. The summed E-state index contributed by atoms with van der Waals surface area (Å²) in [5, 5.41) is 0. The lowest BCUT2D eigenvalue weighted by atomic mass is 9.86. The fourth-order valence-corrected chi connectivity index (χ4v) is 2.44. The molecule has 0 fully saturated rings. The number of hydrogen-bond donors (Lipinski definition) is 0. The van der Waals surface area contributed by atoms with E-state index in [0.29, 0.717) is 5.92 Å². The molecule has 0 aromatic heterocycles. The second-order valence-electron chi connectivity index (χ2n) is 5.04. The van der Waals surface area contributed by atoms with Gasteiger partial charge in [0.1, 0.15) is 5.60 Å². The number of carbonyl (C=O) groups is 1. The van der Waals surface area contributed by atoms with Gasteiger partial charge < -0.3 is 4.74 Å². The van der Waals surface area contributed by atoms with Crippen LogP contribution < -0.4 is 0 Å². The van der Waals surface area contributed by atoms with Crippen molar-refractivity contribution in [2.24, 2.45) is 5.92 Å². The summed E-state index contributed by atoms with van der Waals surface area (Å²) < 4.78 is 5.65. The van der Waals surface area contributed by atoms with Crippen molar-refractivity contribution < 1.29 is 9.53 Å². The van der Waals surface area contributed by atoms with Gasteiger partial charge in [-0.15, -0.1) is 0 Å². The smallest absolute Gasteiger partial charge is 0.334 e. The molecule has 0 radical (unpaired) electrons. The van der Waals surface area contributed by atoms with Gasteiger partial charge in [-0.05, 0) is 44.1 Å². The molecule has 0 aromatic carbocycles. The lowest BCUT2D eigenvalue weighted by Crippen LogP contribution is -2.29. The molecule has 2 nitrogen and oxygen atoms in total. The van der Waals surface area contributed by atoms with Crippen LogP contribution in [0.25, 0.3) is 0 Å². The maximum absolute atomic E-state index is 11.8. The van der Waals surface area contributed by atoms with Gasteiger partial charge in [0.2, 0.25) is 0 Å². The lowest BCUT2D eigenvalue weighted by Gasteiger charge is -2.28. The van der Waals surface area contributed by atoms with Crippen molar-refractivity contribution in [2.75, 3.05) is 0 Å². The SMILES string of the molecule is CC/C=C/C(CC)CC1(CC)C=C(CC)C(=O)O1. The first-order valence-corrected chi connectivity index (χ1v) is 7.22. The number of carbonyl (C=O) groups excluding carboxylic acids is 1. The maximum atomic E-state index is 11.8. The number of allylic oxidation sites excluding steroid dienone is 2. The Kier molecular flexibility index (Phi) is 5.64. The highest BCUT2D eigenvalue weighted by Gasteiger charge is 2.38. The molecule has 2 heteroatoms. The molecule has 0 amide bonds. The molecular weight excluding hydrogens is 224 g/mol. The topological polar surface area (TPSA) is 26.3 Å². The Morgan fingerprint density at radius 1 is 1.33 bits per heavy atom. The Hall–Kier alpha value is -1.05. The predicted octanol–water partition coefficient (Wildman–Crippen LogP) is 4.41. The molecule has 0 bridgehead atoms. The molecule has 0 aromatic rings. The van der Waals surface area contributed by atoms with Crippen LogP contribution in [0.4, 0.5) is 0 Å². The number of rotatable bonds is 7. The van der Waals surface area contributed by atoms with Crippen LogP contribution in [0.2, 0.25) is 0 Å². The van der Waals surface area contributed by atoms with E-state index >= 15 is 0 Å². The molecule has 1 aliphatic rings. The number of ether oxygens (including phenoxy) is 1. The molecule has 0 aliphatic carbocycles. The van der Waals surface area contributed by atoms with Crippen LogP contribution in [-0.2, 0) is 9.53 Å². The Bertz CT molecular complexity index is 341. The standard InChI is InChI=1S/C16H26O2/c1-5-9-10-13(6-2)11-16(8-4)12-14(7-3)15(17)18-16/h9-10,12-13H,5-8,11H2,1-4H3/b10-9+. The molecule has 2 atom stereocenters. The average molecular weight is 250 g/mol. The van der Waals surface area contributed by atoms with Crippen LogP contribution in [0.3, 0.4) is 0 Å². The van der Waals surface area contributed by atoms with Crippen LogP contribution in [0.1, 0.15) is 59.8 Å². The third-order valence-electron chi connectivity index (χ3n) is 3.75. The van der Waals surface area contributed by atoms with Crippen molar-refractivity contribution in [3.8, 4) is 0 Å². The fraction of sp³-hybridized carbons (Fsp3) is 0.688. The number of esters is 1. The van der Waals surface area contributed by atoms with E-state index in [1.54, 1.807) is 0 Å². The van der Waals surface area contributed by atoms with Crippen LogP contribution >= 0.6 is 0 Å². The van der Waals surface area contributed by atoms with E-state index in [1.807, 2.05) is 6.92 Å². The van der Waals surface area contributed by atoms with Crippen molar-refractivity contribution >= 4 is 5.97 Å². The molecule has 1 rings (SSSR count). The second-order valence-corrected chi connectivity index (χ2v) is 5.04. The molecule has 0 N–H and O–H groups in total. The molecule has 1 heterocycles. The lowest BCUT2D eigenvalue weighted by molar-refractivity contribution is -0.147. The van der Waals surface area contributed by atoms with Crippen LogP contribution in [-0.4, -0.2) is 11.6 Å². The summed E-state index contributed by atoms with van der Waals surface area (Å²) in [6.45, 7) is 8.44. The minimum absolute atomic E-state index is 0.117. The van der Waals surface area contributed by atoms with Gasteiger partial charge in [0, 0.05) is 5.57 Å². The van der Waals surface area contributed by atoms with E-state index < -0.39 is 0 Å². The fourth-order valence-electron chi connectivity index (χ4n) is 2.44. The maximum Gasteiger partial charge on any atom is 0.334 e. The third-order valence-corrected chi connectivity index (χ3v) is 3.75. The van der Waals surface area contributed by atoms with Gasteiger partial charge in [0.25, 0.3) is 0 Å².